The van der Waals surface area contributed by atoms with E-state index in [2.05, 4.69) is 33.4 Å². The van der Waals surface area contributed by atoms with Crippen molar-refractivity contribution in [2.24, 2.45) is 0 Å². The second-order valence-electron chi connectivity index (χ2n) is 5.06. The van der Waals surface area contributed by atoms with Gasteiger partial charge in [0.15, 0.2) is 0 Å². The van der Waals surface area contributed by atoms with Crippen LogP contribution in [0.3, 0.4) is 0 Å². The van der Waals surface area contributed by atoms with Crippen LogP contribution in [0.1, 0.15) is 25.6 Å². The van der Waals surface area contributed by atoms with E-state index < -0.39 is 6.10 Å². The van der Waals surface area contributed by atoms with Gasteiger partial charge in [0.25, 0.3) is 0 Å². The summed E-state index contributed by atoms with van der Waals surface area (Å²) >= 11 is 1.35. The number of hydrogen-bond donors (Lipinski definition) is 2. The summed E-state index contributed by atoms with van der Waals surface area (Å²) in [6, 6.07) is 0. The van der Waals surface area contributed by atoms with Crippen molar-refractivity contribution in [3.05, 3.63) is 5.82 Å². The molecule has 1 aromatic rings. The fraction of sp³-hybridized carbons (Fsp3) is 0.833. The second-order valence-corrected chi connectivity index (χ2v) is 5.81. The number of morpholine rings is 1. The highest BCUT2D eigenvalue weighted by molar-refractivity contribution is 7.09. The van der Waals surface area contributed by atoms with Gasteiger partial charge in [-0.3, -0.25) is 4.90 Å². The Hall–Kier alpha value is -0.760. The van der Waals surface area contributed by atoms with Crippen LogP contribution in [0.2, 0.25) is 0 Å². The molecule has 0 aliphatic carbocycles. The third-order valence-electron chi connectivity index (χ3n) is 3.02. The third-order valence-corrected chi connectivity index (χ3v) is 3.71. The maximum atomic E-state index is 9.99. The van der Waals surface area contributed by atoms with Gasteiger partial charge in [-0.1, -0.05) is 13.8 Å². The Bertz CT molecular complexity index is 380. The van der Waals surface area contributed by atoms with Gasteiger partial charge in [0, 0.05) is 43.6 Å². The van der Waals surface area contributed by atoms with Crippen molar-refractivity contribution in [2.45, 2.75) is 25.9 Å². The highest BCUT2D eigenvalue weighted by Gasteiger charge is 2.15. The van der Waals surface area contributed by atoms with E-state index in [0.717, 1.165) is 37.3 Å². The summed E-state index contributed by atoms with van der Waals surface area (Å²) in [5.74, 6) is 1.19. The molecule has 7 heteroatoms. The molecule has 0 bridgehead atoms. The Labute approximate surface area is 118 Å². The molecule has 0 radical (unpaired) electrons. The van der Waals surface area contributed by atoms with Gasteiger partial charge in [-0.15, -0.1) is 0 Å². The lowest BCUT2D eigenvalue weighted by molar-refractivity contribution is 0.0171. The Morgan fingerprint density at radius 3 is 2.79 bits per heavy atom. The zero-order chi connectivity index (χ0) is 13.7. The zero-order valence-corrected chi connectivity index (χ0v) is 12.3. The molecule has 108 valence electrons. The van der Waals surface area contributed by atoms with Gasteiger partial charge < -0.3 is 15.2 Å². The molecule has 6 nitrogen and oxygen atoms in total. The van der Waals surface area contributed by atoms with E-state index in [9.17, 15) is 5.11 Å². The summed E-state index contributed by atoms with van der Waals surface area (Å²) in [6.07, 6.45) is -0.399. The summed E-state index contributed by atoms with van der Waals surface area (Å²) in [5, 5.41) is 13.9. The molecule has 1 saturated heterocycles. The van der Waals surface area contributed by atoms with E-state index >= 15 is 0 Å². The molecule has 0 spiro atoms. The van der Waals surface area contributed by atoms with Gasteiger partial charge in [-0.25, -0.2) is 4.98 Å². The number of aromatic nitrogens is 2. The van der Waals surface area contributed by atoms with Crippen LogP contribution in [0, 0.1) is 0 Å². The van der Waals surface area contributed by atoms with E-state index in [4.69, 9.17) is 4.74 Å². The minimum atomic E-state index is -0.399. The van der Waals surface area contributed by atoms with Gasteiger partial charge in [-0.05, 0) is 0 Å². The molecule has 19 heavy (non-hydrogen) atoms. The fourth-order valence-corrected chi connectivity index (χ4v) is 2.61. The van der Waals surface area contributed by atoms with Crippen LogP contribution in [0.4, 0.5) is 5.13 Å². The van der Waals surface area contributed by atoms with Crippen molar-refractivity contribution in [3.63, 3.8) is 0 Å². The van der Waals surface area contributed by atoms with Crippen LogP contribution < -0.4 is 5.32 Å². The standard InChI is InChI=1S/C12H22N4O2S/c1-9(2)11-14-12(19-15-11)13-7-10(17)8-16-3-5-18-6-4-16/h9-10,17H,3-8H2,1-2H3,(H,13,14,15)/t10-/m0/s1. The topological polar surface area (TPSA) is 70.5 Å². The molecule has 1 aliphatic rings. The maximum absolute atomic E-state index is 9.99. The Balaban J connectivity index is 1.71. The molecule has 0 amide bonds. The van der Waals surface area contributed by atoms with Crippen molar-refractivity contribution in [1.82, 2.24) is 14.3 Å². The number of ether oxygens (including phenoxy) is 1. The number of nitrogens with zero attached hydrogens (tertiary/aromatic N) is 3. The van der Waals surface area contributed by atoms with Crippen molar-refractivity contribution in [2.75, 3.05) is 44.7 Å². The molecular formula is C12H22N4O2S. The molecule has 1 atom stereocenters. The molecule has 1 fully saturated rings. The molecule has 1 aromatic heterocycles. The summed E-state index contributed by atoms with van der Waals surface area (Å²) in [7, 11) is 0. The Morgan fingerprint density at radius 1 is 1.42 bits per heavy atom. The van der Waals surface area contributed by atoms with Crippen molar-refractivity contribution in [3.8, 4) is 0 Å². The second kappa shape index (κ2) is 7.14. The van der Waals surface area contributed by atoms with E-state index in [1.165, 1.54) is 11.5 Å². The summed E-state index contributed by atoms with van der Waals surface area (Å²) in [4.78, 5) is 6.60. The van der Waals surface area contributed by atoms with Crippen LogP contribution in [0.25, 0.3) is 0 Å². The zero-order valence-electron chi connectivity index (χ0n) is 11.5. The quantitative estimate of drug-likeness (QED) is 0.805. The van der Waals surface area contributed by atoms with Crippen LogP contribution >= 0.6 is 11.5 Å². The lowest BCUT2D eigenvalue weighted by atomic mass is 10.2. The first-order valence-electron chi connectivity index (χ1n) is 6.71. The highest BCUT2D eigenvalue weighted by Crippen LogP contribution is 2.17. The Kier molecular flexibility index (Phi) is 5.50. The average Bonchev–Trinajstić information content (AvgIpc) is 2.86. The maximum Gasteiger partial charge on any atom is 0.202 e. The number of nitrogens with one attached hydrogen (secondary N) is 1. The van der Waals surface area contributed by atoms with E-state index in [-0.39, 0.29) is 0 Å². The fourth-order valence-electron chi connectivity index (χ4n) is 1.89. The molecule has 2 rings (SSSR count). The summed E-state index contributed by atoms with van der Waals surface area (Å²) in [5.41, 5.74) is 0. The number of anilines is 1. The van der Waals surface area contributed by atoms with Gasteiger partial charge in [-0.2, -0.15) is 4.37 Å². The molecule has 2 heterocycles. The average molecular weight is 286 g/mol. The van der Waals surface area contributed by atoms with E-state index in [0.29, 0.717) is 19.0 Å². The van der Waals surface area contributed by atoms with Crippen LogP contribution in [0.15, 0.2) is 0 Å². The van der Waals surface area contributed by atoms with E-state index in [1.54, 1.807) is 0 Å². The SMILES string of the molecule is CC(C)c1nsc(NC[C@H](O)CN2CCOCC2)n1. The minimum absolute atomic E-state index is 0.338. The van der Waals surface area contributed by atoms with Crippen molar-refractivity contribution < 1.29 is 9.84 Å². The molecule has 0 saturated carbocycles. The number of aliphatic hydroxyl groups is 1. The number of rotatable bonds is 6. The first kappa shape index (κ1) is 14.6. The number of aliphatic hydroxyl groups excluding tert-OH is 1. The predicted molar refractivity (Wildman–Crippen MR) is 75.8 cm³/mol. The van der Waals surface area contributed by atoms with Crippen molar-refractivity contribution >= 4 is 16.7 Å². The summed E-state index contributed by atoms with van der Waals surface area (Å²) in [6.45, 7) is 8.62. The van der Waals surface area contributed by atoms with Gasteiger partial charge in [0.05, 0.1) is 19.3 Å². The van der Waals surface area contributed by atoms with Gasteiger partial charge in [0.2, 0.25) is 5.13 Å². The Morgan fingerprint density at radius 2 is 2.16 bits per heavy atom. The number of hydrogen-bond acceptors (Lipinski definition) is 7. The molecule has 1 aliphatic heterocycles. The minimum Gasteiger partial charge on any atom is -0.390 e. The molecule has 0 unspecified atom stereocenters. The first-order valence-corrected chi connectivity index (χ1v) is 7.48. The predicted octanol–water partition coefficient (Wildman–Crippen LogP) is 0.766. The lowest BCUT2D eigenvalue weighted by Gasteiger charge is -2.28. The normalized spacial score (nSPS) is 18.7. The van der Waals surface area contributed by atoms with Crippen molar-refractivity contribution in [1.29, 1.82) is 0 Å². The molecule has 2 N–H and O–H groups in total. The van der Waals surface area contributed by atoms with Gasteiger partial charge >= 0.3 is 0 Å². The monoisotopic (exact) mass is 286 g/mol. The lowest BCUT2D eigenvalue weighted by Crippen LogP contribution is -2.42. The van der Waals surface area contributed by atoms with Gasteiger partial charge in [0.1, 0.15) is 5.82 Å². The number of β-amino-alcohol motifs (C(OH)–C–C–N with tert-alkyl or cyclic N) is 1. The first-order chi connectivity index (χ1) is 9.15. The highest BCUT2D eigenvalue weighted by atomic mass is 32.1. The smallest absolute Gasteiger partial charge is 0.202 e. The molecule has 0 aromatic carbocycles. The van der Waals surface area contributed by atoms with Crippen LogP contribution in [-0.4, -0.2) is 64.9 Å². The molecular weight excluding hydrogens is 264 g/mol. The third kappa shape index (κ3) is 4.68. The largest absolute Gasteiger partial charge is 0.390 e. The van der Waals surface area contributed by atoms with Crippen LogP contribution in [0.5, 0.6) is 0 Å². The summed E-state index contributed by atoms with van der Waals surface area (Å²) < 4.78 is 9.55. The van der Waals surface area contributed by atoms with E-state index in [1.807, 2.05) is 0 Å². The van der Waals surface area contributed by atoms with Crippen LogP contribution in [-0.2, 0) is 4.74 Å².